The third kappa shape index (κ3) is 3.60. The van der Waals surface area contributed by atoms with Crippen molar-refractivity contribution >= 4 is 28.6 Å². The largest absolute Gasteiger partial charge is 0.493 e. The lowest BCUT2D eigenvalue weighted by Gasteiger charge is -2.15. The third-order valence-corrected chi connectivity index (χ3v) is 4.24. The number of imidazole rings is 1. The molecule has 0 atom stereocenters. The Balaban J connectivity index is 2.11. The second-order valence-corrected chi connectivity index (χ2v) is 6.38. The molecule has 0 radical (unpaired) electrons. The van der Waals surface area contributed by atoms with E-state index in [1.165, 1.54) is 0 Å². The van der Waals surface area contributed by atoms with Gasteiger partial charge in [-0.3, -0.25) is 0 Å². The highest BCUT2D eigenvalue weighted by Crippen LogP contribution is 2.41. The van der Waals surface area contributed by atoms with Crippen LogP contribution in [-0.4, -0.2) is 47.4 Å². The quantitative estimate of drug-likeness (QED) is 0.606. The van der Waals surface area contributed by atoms with Crippen LogP contribution >= 0.6 is 0 Å². The Hall–Kier alpha value is -3.23. The highest BCUT2D eigenvalue weighted by Gasteiger charge is 2.17. The molecule has 0 fully saturated rings. The van der Waals surface area contributed by atoms with Gasteiger partial charge in [0, 0.05) is 30.4 Å². The van der Waals surface area contributed by atoms with E-state index < -0.39 is 0 Å². The molecular formula is C19H26N6O3. The number of methoxy groups -OCH3 is 3. The Morgan fingerprint density at radius 2 is 1.71 bits per heavy atom. The smallest absolute Gasteiger partial charge is 0.226 e. The maximum atomic E-state index is 5.43. The van der Waals surface area contributed by atoms with Crippen molar-refractivity contribution in [3.05, 3.63) is 18.5 Å². The normalized spacial score (nSPS) is 11.0. The van der Waals surface area contributed by atoms with Crippen LogP contribution in [0.15, 0.2) is 18.5 Å². The molecule has 0 aliphatic heterocycles. The maximum Gasteiger partial charge on any atom is 0.226 e. The molecule has 0 aliphatic rings. The molecule has 0 bridgehead atoms. The Morgan fingerprint density at radius 1 is 1.04 bits per heavy atom. The average Bonchev–Trinajstić information content (AvgIpc) is 3.12. The summed E-state index contributed by atoms with van der Waals surface area (Å²) in [6.45, 7) is 6.88. The second kappa shape index (κ2) is 8.20. The van der Waals surface area contributed by atoms with Gasteiger partial charge in [-0.2, -0.15) is 9.97 Å². The summed E-state index contributed by atoms with van der Waals surface area (Å²) in [4.78, 5) is 13.7. The van der Waals surface area contributed by atoms with Crippen molar-refractivity contribution in [2.75, 3.05) is 38.5 Å². The minimum absolute atomic E-state index is 0.225. The molecule has 9 heteroatoms. The summed E-state index contributed by atoms with van der Waals surface area (Å²) in [5, 5.41) is 6.49. The standard InChI is InChI=1S/C19H26N6O3/c1-7-20-19-23-17(15-18(24-19)25(10-21-15)11(2)3)22-12-8-13(26-4)16(28-6)14(9-12)27-5/h8-11H,7H2,1-6H3,(H2,20,22,23,24). The Bertz CT molecular complexity index is 945. The molecule has 2 heterocycles. The molecule has 1 aromatic carbocycles. The highest BCUT2D eigenvalue weighted by atomic mass is 16.5. The van der Waals surface area contributed by atoms with Crippen LogP contribution in [0.1, 0.15) is 26.8 Å². The van der Waals surface area contributed by atoms with Crippen molar-refractivity contribution in [3.63, 3.8) is 0 Å². The van der Waals surface area contributed by atoms with E-state index in [2.05, 4.69) is 39.4 Å². The molecule has 28 heavy (non-hydrogen) atoms. The van der Waals surface area contributed by atoms with E-state index in [1.807, 2.05) is 23.6 Å². The molecule has 0 amide bonds. The van der Waals surface area contributed by atoms with Crippen LogP contribution in [0.3, 0.4) is 0 Å². The molecule has 0 saturated carbocycles. The SMILES string of the molecule is CCNc1nc(Nc2cc(OC)c(OC)c(OC)c2)c2ncn(C(C)C)c2n1. The lowest BCUT2D eigenvalue weighted by molar-refractivity contribution is 0.324. The van der Waals surface area contributed by atoms with Gasteiger partial charge in [-0.15, -0.1) is 0 Å². The van der Waals surface area contributed by atoms with Gasteiger partial charge in [-0.05, 0) is 20.8 Å². The van der Waals surface area contributed by atoms with E-state index >= 15 is 0 Å². The molecule has 3 rings (SSSR count). The van der Waals surface area contributed by atoms with Crippen LogP contribution in [0.5, 0.6) is 17.2 Å². The lowest BCUT2D eigenvalue weighted by Crippen LogP contribution is -2.07. The molecule has 0 spiro atoms. The summed E-state index contributed by atoms with van der Waals surface area (Å²) >= 11 is 0. The first kappa shape index (κ1) is 19.5. The highest BCUT2D eigenvalue weighted by molar-refractivity contribution is 5.87. The van der Waals surface area contributed by atoms with Crippen LogP contribution < -0.4 is 24.8 Å². The number of hydrogen-bond acceptors (Lipinski definition) is 8. The van der Waals surface area contributed by atoms with Crippen molar-refractivity contribution in [3.8, 4) is 17.2 Å². The summed E-state index contributed by atoms with van der Waals surface area (Å²) in [5.74, 6) is 2.76. The summed E-state index contributed by atoms with van der Waals surface area (Å²) in [7, 11) is 4.73. The fourth-order valence-corrected chi connectivity index (χ4v) is 2.91. The van der Waals surface area contributed by atoms with Gasteiger partial charge in [-0.1, -0.05) is 0 Å². The van der Waals surface area contributed by atoms with Gasteiger partial charge in [0.05, 0.1) is 27.7 Å². The number of rotatable bonds is 8. The number of fused-ring (bicyclic) bond motifs is 1. The van der Waals surface area contributed by atoms with Gasteiger partial charge in [0.25, 0.3) is 0 Å². The zero-order valence-corrected chi connectivity index (χ0v) is 17.0. The molecule has 150 valence electrons. The first-order valence-corrected chi connectivity index (χ1v) is 9.07. The van der Waals surface area contributed by atoms with Crippen molar-refractivity contribution in [1.29, 1.82) is 0 Å². The van der Waals surface area contributed by atoms with E-state index in [0.29, 0.717) is 41.1 Å². The minimum atomic E-state index is 0.225. The number of ether oxygens (including phenoxy) is 3. The fourth-order valence-electron chi connectivity index (χ4n) is 2.91. The van der Waals surface area contributed by atoms with Gasteiger partial charge in [0.15, 0.2) is 28.5 Å². The van der Waals surface area contributed by atoms with E-state index in [0.717, 1.165) is 11.3 Å². The van der Waals surface area contributed by atoms with E-state index in [1.54, 1.807) is 27.7 Å². The number of hydrogen-bond donors (Lipinski definition) is 2. The Morgan fingerprint density at radius 3 is 2.25 bits per heavy atom. The minimum Gasteiger partial charge on any atom is -0.493 e. The second-order valence-electron chi connectivity index (χ2n) is 6.38. The molecule has 0 saturated heterocycles. The Kier molecular flexibility index (Phi) is 5.72. The number of nitrogens with zero attached hydrogens (tertiary/aromatic N) is 4. The van der Waals surface area contributed by atoms with Crippen LogP contribution in [-0.2, 0) is 0 Å². The van der Waals surface area contributed by atoms with Crippen LogP contribution in [0.4, 0.5) is 17.5 Å². The van der Waals surface area contributed by atoms with E-state index in [9.17, 15) is 0 Å². The number of aromatic nitrogens is 4. The van der Waals surface area contributed by atoms with Crippen molar-refractivity contribution < 1.29 is 14.2 Å². The summed E-state index contributed by atoms with van der Waals surface area (Å²) < 4.78 is 18.3. The van der Waals surface area contributed by atoms with Crippen LogP contribution in [0, 0.1) is 0 Å². The van der Waals surface area contributed by atoms with E-state index in [-0.39, 0.29) is 6.04 Å². The molecule has 2 N–H and O–H groups in total. The monoisotopic (exact) mass is 386 g/mol. The van der Waals surface area contributed by atoms with Crippen LogP contribution in [0.25, 0.3) is 11.2 Å². The summed E-state index contributed by atoms with van der Waals surface area (Å²) in [5.41, 5.74) is 2.18. The fraction of sp³-hybridized carbons (Fsp3) is 0.421. The van der Waals surface area contributed by atoms with Crippen molar-refractivity contribution in [1.82, 2.24) is 19.5 Å². The van der Waals surface area contributed by atoms with Crippen LogP contribution in [0.2, 0.25) is 0 Å². The zero-order chi connectivity index (χ0) is 20.3. The Labute approximate surface area is 164 Å². The molecule has 0 unspecified atom stereocenters. The first-order valence-electron chi connectivity index (χ1n) is 9.07. The third-order valence-electron chi connectivity index (χ3n) is 4.24. The summed E-state index contributed by atoms with van der Waals surface area (Å²) in [6, 6.07) is 3.87. The topological polar surface area (TPSA) is 95.4 Å². The zero-order valence-electron chi connectivity index (χ0n) is 17.0. The predicted molar refractivity (Wildman–Crippen MR) is 109 cm³/mol. The molecule has 3 aromatic rings. The van der Waals surface area contributed by atoms with Gasteiger partial charge in [-0.25, -0.2) is 4.98 Å². The molecule has 9 nitrogen and oxygen atoms in total. The van der Waals surface area contributed by atoms with Gasteiger partial charge < -0.3 is 29.4 Å². The number of anilines is 3. The molecular weight excluding hydrogens is 360 g/mol. The van der Waals surface area contributed by atoms with Crippen molar-refractivity contribution in [2.45, 2.75) is 26.8 Å². The van der Waals surface area contributed by atoms with Gasteiger partial charge in [0.2, 0.25) is 11.7 Å². The first-order chi connectivity index (χ1) is 13.5. The lowest BCUT2D eigenvalue weighted by atomic mass is 10.2. The van der Waals surface area contributed by atoms with E-state index in [4.69, 9.17) is 14.2 Å². The maximum absolute atomic E-state index is 5.43. The molecule has 2 aromatic heterocycles. The number of benzene rings is 1. The predicted octanol–water partition coefficient (Wildman–Crippen LogP) is 3.61. The van der Waals surface area contributed by atoms with Crippen molar-refractivity contribution in [2.24, 2.45) is 0 Å². The van der Waals surface area contributed by atoms with Gasteiger partial charge in [0.1, 0.15) is 0 Å². The number of nitrogens with one attached hydrogen (secondary N) is 2. The summed E-state index contributed by atoms with van der Waals surface area (Å²) in [6.07, 6.45) is 1.78. The van der Waals surface area contributed by atoms with Gasteiger partial charge >= 0.3 is 0 Å². The molecule has 0 aliphatic carbocycles. The average molecular weight is 386 g/mol.